The predicted molar refractivity (Wildman–Crippen MR) is 58.6 cm³/mol. The Labute approximate surface area is 96.3 Å². The summed E-state index contributed by atoms with van der Waals surface area (Å²) >= 11 is 0. The number of primary amides is 1. The van der Waals surface area contributed by atoms with Crippen molar-refractivity contribution in [1.82, 2.24) is 0 Å². The van der Waals surface area contributed by atoms with Gasteiger partial charge in [-0.15, -0.1) is 0 Å². The first-order chi connectivity index (χ1) is 7.77. The molecule has 92 valence electrons. The topological polar surface area (TPSA) is 46.3 Å². The smallest absolute Gasteiger partial charge is 0.366 e. The maximum Gasteiger partial charge on any atom is 0.416 e. The van der Waals surface area contributed by atoms with Crippen LogP contribution < -0.4 is 10.6 Å². The standard InChI is InChI=1S/C11H11F3N2O/c1-3-16(2)9-6-7(11(12,13)14)4-5-8(9)10(15)17/h3-6H,1H2,2H3,(H2,15,17). The highest BCUT2D eigenvalue weighted by molar-refractivity contribution is 5.99. The van der Waals surface area contributed by atoms with Crippen LogP contribution in [0.3, 0.4) is 0 Å². The number of rotatable bonds is 3. The highest BCUT2D eigenvalue weighted by atomic mass is 19.4. The summed E-state index contributed by atoms with van der Waals surface area (Å²) in [4.78, 5) is 12.4. The fourth-order valence-corrected chi connectivity index (χ4v) is 1.31. The van der Waals surface area contributed by atoms with Crippen molar-refractivity contribution in [3.05, 3.63) is 42.1 Å². The highest BCUT2D eigenvalue weighted by Crippen LogP contribution is 2.33. The lowest BCUT2D eigenvalue weighted by molar-refractivity contribution is -0.137. The highest BCUT2D eigenvalue weighted by Gasteiger charge is 2.31. The van der Waals surface area contributed by atoms with E-state index in [1.54, 1.807) is 0 Å². The van der Waals surface area contributed by atoms with E-state index in [1.165, 1.54) is 18.1 Å². The molecule has 0 aromatic heterocycles. The summed E-state index contributed by atoms with van der Waals surface area (Å²) in [6, 6.07) is 2.74. The summed E-state index contributed by atoms with van der Waals surface area (Å²) in [6.07, 6.45) is -3.17. The lowest BCUT2D eigenvalue weighted by Crippen LogP contribution is -2.19. The molecule has 3 nitrogen and oxygen atoms in total. The van der Waals surface area contributed by atoms with Gasteiger partial charge in [-0.05, 0) is 24.4 Å². The van der Waals surface area contributed by atoms with Crippen molar-refractivity contribution in [2.75, 3.05) is 11.9 Å². The van der Waals surface area contributed by atoms with Crippen molar-refractivity contribution in [2.24, 2.45) is 5.73 Å². The molecule has 17 heavy (non-hydrogen) atoms. The first kappa shape index (κ1) is 13.1. The minimum absolute atomic E-state index is 0.0143. The van der Waals surface area contributed by atoms with Crippen LogP contribution in [-0.4, -0.2) is 13.0 Å². The second-order valence-electron chi connectivity index (χ2n) is 3.39. The van der Waals surface area contributed by atoms with E-state index in [-0.39, 0.29) is 11.3 Å². The Morgan fingerprint density at radius 1 is 1.47 bits per heavy atom. The van der Waals surface area contributed by atoms with Crippen LogP contribution in [0.15, 0.2) is 31.0 Å². The molecule has 1 aromatic rings. The molecule has 0 aliphatic carbocycles. The molecule has 0 atom stereocenters. The van der Waals surface area contributed by atoms with Gasteiger partial charge in [-0.25, -0.2) is 0 Å². The molecule has 0 heterocycles. The van der Waals surface area contributed by atoms with Crippen molar-refractivity contribution < 1.29 is 18.0 Å². The van der Waals surface area contributed by atoms with E-state index < -0.39 is 17.6 Å². The van der Waals surface area contributed by atoms with Crippen LogP contribution >= 0.6 is 0 Å². The maximum absolute atomic E-state index is 12.5. The molecular formula is C11H11F3N2O. The van der Waals surface area contributed by atoms with Gasteiger partial charge < -0.3 is 10.6 Å². The van der Waals surface area contributed by atoms with E-state index in [0.29, 0.717) is 0 Å². The number of nitrogens with zero attached hydrogens (tertiary/aromatic N) is 1. The summed E-state index contributed by atoms with van der Waals surface area (Å²) in [6.45, 7) is 3.42. The zero-order valence-electron chi connectivity index (χ0n) is 9.08. The third-order valence-electron chi connectivity index (χ3n) is 2.24. The van der Waals surface area contributed by atoms with Crippen LogP contribution in [0.1, 0.15) is 15.9 Å². The Morgan fingerprint density at radius 3 is 2.47 bits per heavy atom. The van der Waals surface area contributed by atoms with Gasteiger partial charge >= 0.3 is 6.18 Å². The van der Waals surface area contributed by atoms with Gasteiger partial charge in [0.05, 0.1) is 16.8 Å². The molecule has 6 heteroatoms. The summed E-state index contributed by atoms with van der Waals surface area (Å²) in [5.41, 5.74) is 4.33. The Bertz CT molecular complexity index is 455. The van der Waals surface area contributed by atoms with Gasteiger partial charge in [0, 0.05) is 7.05 Å². The van der Waals surface area contributed by atoms with Crippen molar-refractivity contribution in [2.45, 2.75) is 6.18 Å². The number of benzene rings is 1. The number of anilines is 1. The van der Waals surface area contributed by atoms with E-state index in [4.69, 9.17) is 5.73 Å². The molecule has 1 rings (SSSR count). The molecule has 2 N–H and O–H groups in total. The lowest BCUT2D eigenvalue weighted by atomic mass is 10.1. The van der Waals surface area contributed by atoms with E-state index >= 15 is 0 Å². The molecule has 0 saturated heterocycles. The molecule has 0 bridgehead atoms. The second kappa shape index (κ2) is 4.48. The third kappa shape index (κ3) is 2.77. The summed E-state index contributed by atoms with van der Waals surface area (Å²) in [5, 5.41) is 0. The van der Waals surface area contributed by atoms with Gasteiger partial charge in [-0.2, -0.15) is 13.2 Å². The monoisotopic (exact) mass is 244 g/mol. The lowest BCUT2D eigenvalue weighted by Gasteiger charge is -2.18. The molecule has 0 spiro atoms. The summed E-state index contributed by atoms with van der Waals surface area (Å²) in [7, 11) is 1.48. The van der Waals surface area contributed by atoms with Crippen LogP contribution in [0.4, 0.5) is 18.9 Å². The molecule has 0 radical (unpaired) electrons. The fourth-order valence-electron chi connectivity index (χ4n) is 1.31. The predicted octanol–water partition coefficient (Wildman–Crippen LogP) is 2.38. The molecule has 0 aliphatic heterocycles. The van der Waals surface area contributed by atoms with Crippen LogP contribution in [-0.2, 0) is 6.18 Å². The van der Waals surface area contributed by atoms with Gasteiger partial charge in [-0.3, -0.25) is 4.79 Å². The number of hydrogen-bond donors (Lipinski definition) is 1. The van der Waals surface area contributed by atoms with Crippen LogP contribution in [0, 0.1) is 0 Å². The zero-order valence-corrected chi connectivity index (χ0v) is 9.08. The van der Waals surface area contributed by atoms with E-state index in [0.717, 1.165) is 18.2 Å². The minimum atomic E-state index is -4.47. The number of amides is 1. The summed E-state index contributed by atoms with van der Waals surface area (Å²) < 4.78 is 37.5. The van der Waals surface area contributed by atoms with Gasteiger partial charge in [0.15, 0.2) is 0 Å². The average Bonchev–Trinajstić information content (AvgIpc) is 2.25. The second-order valence-corrected chi connectivity index (χ2v) is 3.39. The van der Waals surface area contributed by atoms with E-state index in [9.17, 15) is 18.0 Å². The Kier molecular flexibility index (Phi) is 3.45. The van der Waals surface area contributed by atoms with Crippen LogP contribution in [0.2, 0.25) is 0 Å². The maximum atomic E-state index is 12.5. The molecule has 0 unspecified atom stereocenters. The van der Waals surface area contributed by atoms with Gasteiger partial charge in [-0.1, -0.05) is 6.58 Å². The quantitative estimate of drug-likeness (QED) is 0.887. The number of nitrogens with two attached hydrogens (primary N) is 1. The Hall–Kier alpha value is -1.98. The number of alkyl halides is 3. The number of carbonyl (C=O) groups is 1. The minimum Gasteiger partial charge on any atom is -0.366 e. The normalized spacial score (nSPS) is 11.1. The molecule has 0 aliphatic rings. The number of carbonyl (C=O) groups excluding carboxylic acids is 1. The largest absolute Gasteiger partial charge is 0.416 e. The zero-order chi connectivity index (χ0) is 13.2. The van der Waals surface area contributed by atoms with Crippen molar-refractivity contribution in [1.29, 1.82) is 0 Å². The SMILES string of the molecule is C=CN(C)c1cc(C(F)(F)F)ccc1C(N)=O. The summed E-state index contributed by atoms with van der Waals surface area (Å²) in [5.74, 6) is -0.789. The van der Waals surface area contributed by atoms with Crippen molar-refractivity contribution in [3.63, 3.8) is 0 Å². The first-order valence-corrected chi connectivity index (χ1v) is 4.64. The first-order valence-electron chi connectivity index (χ1n) is 4.64. The van der Waals surface area contributed by atoms with Gasteiger partial charge in [0.25, 0.3) is 5.91 Å². The third-order valence-corrected chi connectivity index (χ3v) is 2.24. The Morgan fingerprint density at radius 2 is 2.06 bits per heavy atom. The van der Waals surface area contributed by atoms with Gasteiger partial charge in [0.1, 0.15) is 0 Å². The van der Waals surface area contributed by atoms with Crippen LogP contribution in [0.25, 0.3) is 0 Å². The van der Waals surface area contributed by atoms with E-state index in [2.05, 4.69) is 6.58 Å². The van der Waals surface area contributed by atoms with Crippen molar-refractivity contribution in [3.8, 4) is 0 Å². The van der Waals surface area contributed by atoms with E-state index in [1.807, 2.05) is 0 Å². The molecule has 1 aromatic carbocycles. The fraction of sp³-hybridized carbons (Fsp3) is 0.182. The molecule has 1 amide bonds. The van der Waals surface area contributed by atoms with Gasteiger partial charge in [0.2, 0.25) is 0 Å². The molecule has 0 saturated carbocycles. The Balaban J connectivity index is 3.39. The molecule has 0 fully saturated rings. The van der Waals surface area contributed by atoms with Crippen molar-refractivity contribution >= 4 is 11.6 Å². The number of hydrogen-bond acceptors (Lipinski definition) is 2. The van der Waals surface area contributed by atoms with Crippen LogP contribution in [0.5, 0.6) is 0 Å². The number of halogens is 3. The average molecular weight is 244 g/mol. The molecular weight excluding hydrogens is 233 g/mol.